The Hall–Kier alpha value is -3.13. The summed E-state index contributed by atoms with van der Waals surface area (Å²) in [6.07, 6.45) is 1.46. The molecule has 0 saturated carbocycles. The Balaban J connectivity index is 1.54. The molecule has 0 aliphatic rings. The fourth-order valence-corrected chi connectivity index (χ4v) is 2.61. The maximum atomic E-state index is 12.0. The Labute approximate surface area is 147 Å². The van der Waals surface area contributed by atoms with Crippen molar-refractivity contribution >= 4 is 23.2 Å². The van der Waals surface area contributed by atoms with Crippen LogP contribution in [-0.4, -0.2) is 23.5 Å². The minimum atomic E-state index is -0.571. The van der Waals surface area contributed by atoms with Crippen LogP contribution in [-0.2, 0) is 16.1 Å². The molecule has 25 heavy (non-hydrogen) atoms. The van der Waals surface area contributed by atoms with Crippen LogP contribution in [0.4, 0.5) is 0 Å². The third kappa shape index (κ3) is 4.45. The van der Waals surface area contributed by atoms with Gasteiger partial charge in [-0.25, -0.2) is 9.78 Å². The topological polar surface area (TPSA) is 105 Å². The van der Waals surface area contributed by atoms with Gasteiger partial charge in [0.2, 0.25) is 5.89 Å². The molecule has 0 fully saturated rings. The molecular weight excluding hydrogens is 344 g/mol. The van der Waals surface area contributed by atoms with E-state index in [2.05, 4.69) is 4.98 Å². The third-order valence-corrected chi connectivity index (χ3v) is 3.96. The summed E-state index contributed by atoms with van der Waals surface area (Å²) in [7, 11) is 0. The molecule has 0 aliphatic carbocycles. The number of hydrogen-bond acceptors (Lipinski definition) is 7. The van der Waals surface area contributed by atoms with Crippen LogP contribution in [0.15, 0.2) is 52.5 Å². The first-order valence-corrected chi connectivity index (χ1v) is 8.16. The molecule has 8 heteroatoms. The lowest BCUT2D eigenvalue weighted by atomic mass is 10.2. The summed E-state index contributed by atoms with van der Waals surface area (Å²) < 4.78 is 15.7. The summed E-state index contributed by atoms with van der Waals surface area (Å²) in [5.41, 5.74) is 5.88. The number of ether oxygens (including phenoxy) is 2. The van der Waals surface area contributed by atoms with E-state index in [1.807, 2.05) is 17.5 Å². The maximum absolute atomic E-state index is 12.0. The Bertz CT molecular complexity index is 856. The number of aromatic nitrogens is 1. The Kier molecular flexibility index (Phi) is 5.10. The first-order valence-electron chi connectivity index (χ1n) is 7.28. The van der Waals surface area contributed by atoms with Crippen molar-refractivity contribution in [1.29, 1.82) is 0 Å². The number of nitrogens with zero attached hydrogens (tertiary/aromatic N) is 1. The Morgan fingerprint density at radius 2 is 2.00 bits per heavy atom. The summed E-state index contributed by atoms with van der Waals surface area (Å²) in [6, 6.07) is 10.0. The highest BCUT2D eigenvalue weighted by Gasteiger charge is 2.11. The minimum Gasteiger partial charge on any atom is -0.484 e. The summed E-state index contributed by atoms with van der Waals surface area (Å²) in [5, 5.41) is 1.93. The van der Waals surface area contributed by atoms with Crippen LogP contribution in [0.5, 0.6) is 5.75 Å². The van der Waals surface area contributed by atoms with Crippen LogP contribution in [0.3, 0.4) is 0 Å². The zero-order chi connectivity index (χ0) is 17.6. The molecule has 0 spiro atoms. The van der Waals surface area contributed by atoms with Gasteiger partial charge in [0, 0.05) is 0 Å². The van der Waals surface area contributed by atoms with E-state index in [1.54, 1.807) is 24.3 Å². The molecule has 0 unspecified atom stereocenters. The highest BCUT2D eigenvalue weighted by Crippen LogP contribution is 2.24. The largest absolute Gasteiger partial charge is 0.484 e. The van der Waals surface area contributed by atoms with Gasteiger partial charge in [-0.2, -0.15) is 0 Å². The lowest BCUT2D eigenvalue weighted by Gasteiger charge is -2.05. The predicted octanol–water partition coefficient (Wildman–Crippen LogP) is 2.62. The molecule has 2 aromatic heterocycles. The standard InChI is InChI=1S/C17H14N2O5S/c18-15(20)10-22-13-5-3-11(4-6-13)17(21)24-9-12-8-23-16(19-12)14-2-1-7-25-14/h1-8H,9-10H2,(H2,18,20). The third-order valence-electron chi connectivity index (χ3n) is 3.11. The second kappa shape index (κ2) is 7.63. The van der Waals surface area contributed by atoms with Crippen molar-refractivity contribution in [3.8, 4) is 16.5 Å². The number of primary amides is 1. The molecule has 7 nitrogen and oxygen atoms in total. The van der Waals surface area contributed by atoms with Crippen LogP contribution >= 0.6 is 11.3 Å². The molecule has 0 radical (unpaired) electrons. The number of esters is 1. The average Bonchev–Trinajstić information content (AvgIpc) is 3.29. The highest BCUT2D eigenvalue weighted by molar-refractivity contribution is 7.13. The second-order valence-corrected chi connectivity index (χ2v) is 5.92. The molecule has 0 atom stereocenters. The number of hydrogen-bond donors (Lipinski definition) is 1. The number of carbonyl (C=O) groups excluding carboxylic acids is 2. The van der Waals surface area contributed by atoms with Crippen molar-refractivity contribution in [2.45, 2.75) is 6.61 Å². The van der Waals surface area contributed by atoms with Crippen LogP contribution in [0.1, 0.15) is 16.1 Å². The van der Waals surface area contributed by atoms with E-state index in [0.29, 0.717) is 22.9 Å². The molecule has 1 amide bonds. The lowest BCUT2D eigenvalue weighted by Crippen LogP contribution is -2.20. The average molecular weight is 358 g/mol. The predicted molar refractivity (Wildman–Crippen MR) is 90.1 cm³/mol. The van der Waals surface area contributed by atoms with Crippen molar-refractivity contribution < 1.29 is 23.5 Å². The van der Waals surface area contributed by atoms with E-state index >= 15 is 0 Å². The number of oxazole rings is 1. The molecule has 3 aromatic rings. The van der Waals surface area contributed by atoms with E-state index in [-0.39, 0.29) is 13.2 Å². The summed E-state index contributed by atoms with van der Waals surface area (Å²) in [5.74, 6) is -0.135. The van der Waals surface area contributed by atoms with Crippen molar-refractivity contribution in [2.75, 3.05) is 6.61 Å². The van der Waals surface area contributed by atoms with Gasteiger partial charge in [0.15, 0.2) is 6.61 Å². The molecule has 0 aliphatic heterocycles. The zero-order valence-electron chi connectivity index (χ0n) is 13.0. The molecule has 1 aromatic carbocycles. The Morgan fingerprint density at radius 3 is 2.68 bits per heavy atom. The monoisotopic (exact) mass is 358 g/mol. The zero-order valence-corrected chi connectivity index (χ0v) is 13.8. The molecule has 3 rings (SSSR count). The Morgan fingerprint density at radius 1 is 1.20 bits per heavy atom. The fourth-order valence-electron chi connectivity index (χ4n) is 1.95. The minimum absolute atomic E-state index is 0.00757. The number of nitrogens with two attached hydrogens (primary N) is 1. The summed E-state index contributed by atoms with van der Waals surface area (Å²) in [4.78, 5) is 27.9. The summed E-state index contributed by atoms with van der Waals surface area (Å²) in [6.45, 7) is -0.212. The SMILES string of the molecule is NC(=O)COc1ccc(C(=O)OCc2coc(-c3cccs3)n2)cc1. The van der Waals surface area contributed by atoms with Gasteiger partial charge in [-0.15, -0.1) is 11.3 Å². The van der Waals surface area contributed by atoms with Crippen LogP contribution < -0.4 is 10.5 Å². The van der Waals surface area contributed by atoms with Gasteiger partial charge in [-0.1, -0.05) is 6.07 Å². The van der Waals surface area contributed by atoms with E-state index in [9.17, 15) is 9.59 Å². The fraction of sp³-hybridized carbons (Fsp3) is 0.118. The molecule has 128 valence electrons. The number of rotatable bonds is 7. The number of carbonyl (C=O) groups is 2. The van der Waals surface area contributed by atoms with E-state index < -0.39 is 11.9 Å². The van der Waals surface area contributed by atoms with Crippen molar-refractivity contribution in [3.63, 3.8) is 0 Å². The van der Waals surface area contributed by atoms with Crippen molar-refractivity contribution in [3.05, 3.63) is 59.3 Å². The first kappa shape index (κ1) is 16.7. The van der Waals surface area contributed by atoms with Gasteiger partial charge >= 0.3 is 5.97 Å². The molecule has 0 saturated heterocycles. The number of thiophene rings is 1. The lowest BCUT2D eigenvalue weighted by molar-refractivity contribution is -0.119. The van der Waals surface area contributed by atoms with Gasteiger partial charge in [0.1, 0.15) is 24.3 Å². The highest BCUT2D eigenvalue weighted by atomic mass is 32.1. The maximum Gasteiger partial charge on any atom is 0.338 e. The van der Waals surface area contributed by atoms with Gasteiger partial charge in [0.25, 0.3) is 5.91 Å². The molecule has 2 heterocycles. The smallest absolute Gasteiger partial charge is 0.338 e. The normalized spacial score (nSPS) is 10.4. The van der Waals surface area contributed by atoms with E-state index in [1.165, 1.54) is 17.6 Å². The quantitative estimate of drug-likeness (QED) is 0.651. The number of amides is 1. The van der Waals surface area contributed by atoms with Gasteiger partial charge < -0.3 is 19.6 Å². The van der Waals surface area contributed by atoms with Crippen molar-refractivity contribution in [2.24, 2.45) is 5.73 Å². The van der Waals surface area contributed by atoms with Crippen LogP contribution in [0.2, 0.25) is 0 Å². The molecular formula is C17H14N2O5S. The van der Waals surface area contributed by atoms with Crippen LogP contribution in [0.25, 0.3) is 10.8 Å². The number of benzene rings is 1. The molecule has 0 bridgehead atoms. The van der Waals surface area contributed by atoms with E-state index in [4.69, 9.17) is 19.6 Å². The van der Waals surface area contributed by atoms with Gasteiger partial charge in [-0.05, 0) is 35.7 Å². The van der Waals surface area contributed by atoms with Gasteiger partial charge in [0.05, 0.1) is 10.4 Å². The van der Waals surface area contributed by atoms with Crippen LogP contribution in [0, 0.1) is 0 Å². The second-order valence-electron chi connectivity index (χ2n) is 4.98. The van der Waals surface area contributed by atoms with Gasteiger partial charge in [-0.3, -0.25) is 4.79 Å². The first-order chi connectivity index (χ1) is 12.1. The molecule has 2 N–H and O–H groups in total. The van der Waals surface area contributed by atoms with E-state index in [0.717, 1.165) is 4.88 Å². The van der Waals surface area contributed by atoms with Crippen molar-refractivity contribution in [1.82, 2.24) is 4.98 Å². The summed E-state index contributed by atoms with van der Waals surface area (Å²) >= 11 is 1.51.